The standard InChI is InChI=1S/C38H64N10O13S/c1-7-19(4)30-38(61)47-26(17-29(52)53)37(60)45-24(15-27(40)49)36(59)43-22(11-13-62-6)32(55)46-25(16-28(50)51)34(57)41-20(5)31(54)44-23(14-18(2)3)35(58)42-21(33(56)48-30)10-8-9-12-39/h18-26,30H,7-17,39H2,1-6H3,(H2,40,49)(H,41,57)(H,42,58)(H,43,59)(H,44,54)(H,45,60)(H,46,55)(H,47,61)(H,48,56)(H,50,51)(H,52,53)/t19-,20-,21-,22-,23-,24-,25-,26-,30-/m0/s1. The summed E-state index contributed by atoms with van der Waals surface area (Å²) in [6, 6.07) is -12.4. The number of carbonyl (C=O) groups excluding carboxylic acids is 9. The molecule has 9 atom stereocenters. The van der Waals surface area contributed by atoms with Crippen molar-refractivity contribution in [2.75, 3.05) is 18.6 Å². The van der Waals surface area contributed by atoms with Gasteiger partial charge in [0.25, 0.3) is 0 Å². The van der Waals surface area contributed by atoms with E-state index >= 15 is 0 Å². The first-order valence-corrected chi connectivity index (χ1v) is 21.8. The second kappa shape index (κ2) is 27.4. The van der Waals surface area contributed by atoms with Crippen LogP contribution in [-0.2, 0) is 52.7 Å². The quantitative estimate of drug-likeness (QED) is 0.0637. The van der Waals surface area contributed by atoms with E-state index in [0.717, 1.165) is 0 Å². The molecule has 0 saturated carbocycles. The third kappa shape index (κ3) is 19.5. The number of hydrogen-bond donors (Lipinski definition) is 12. The van der Waals surface area contributed by atoms with Crippen LogP contribution in [-0.4, -0.2) is 142 Å². The Labute approximate surface area is 364 Å². The lowest BCUT2D eigenvalue weighted by Gasteiger charge is -2.30. The molecule has 0 aliphatic carbocycles. The van der Waals surface area contributed by atoms with E-state index in [1.165, 1.54) is 18.7 Å². The van der Waals surface area contributed by atoms with Crippen LogP contribution in [0.1, 0.15) is 92.4 Å². The molecule has 9 amide bonds. The van der Waals surface area contributed by atoms with E-state index in [2.05, 4.69) is 42.5 Å². The lowest BCUT2D eigenvalue weighted by Crippen LogP contribution is -2.62. The Hall–Kier alpha value is -5.52. The highest BCUT2D eigenvalue weighted by Crippen LogP contribution is 2.13. The van der Waals surface area contributed by atoms with Gasteiger partial charge in [0.1, 0.15) is 48.3 Å². The zero-order valence-corrected chi connectivity index (χ0v) is 36.8. The summed E-state index contributed by atoms with van der Waals surface area (Å²) in [4.78, 5) is 145. The van der Waals surface area contributed by atoms with Gasteiger partial charge < -0.3 is 64.2 Å². The molecule has 1 aliphatic rings. The predicted molar refractivity (Wildman–Crippen MR) is 224 cm³/mol. The number of aliphatic carboxylic acids is 2. The van der Waals surface area contributed by atoms with Gasteiger partial charge in [-0.15, -0.1) is 0 Å². The normalized spacial score (nSPS) is 25.9. The van der Waals surface area contributed by atoms with Crippen molar-refractivity contribution in [2.24, 2.45) is 23.3 Å². The predicted octanol–water partition coefficient (Wildman–Crippen LogP) is -3.30. The van der Waals surface area contributed by atoms with Crippen LogP contribution in [0.3, 0.4) is 0 Å². The summed E-state index contributed by atoms with van der Waals surface area (Å²) in [5.74, 6) is -12.9. The van der Waals surface area contributed by atoms with Crippen molar-refractivity contribution < 1.29 is 63.0 Å². The number of unbranched alkanes of at least 4 members (excludes halogenated alkanes) is 1. The highest BCUT2D eigenvalue weighted by atomic mass is 32.2. The minimum atomic E-state index is -1.90. The maximum atomic E-state index is 13.9. The minimum absolute atomic E-state index is 0.0284. The fourth-order valence-corrected chi connectivity index (χ4v) is 6.60. The third-order valence-corrected chi connectivity index (χ3v) is 10.4. The Morgan fingerprint density at radius 1 is 0.597 bits per heavy atom. The molecular formula is C38H64N10O13S. The molecule has 14 N–H and O–H groups in total. The van der Waals surface area contributed by atoms with Crippen molar-refractivity contribution in [1.29, 1.82) is 0 Å². The zero-order chi connectivity index (χ0) is 47.3. The van der Waals surface area contributed by atoms with Crippen molar-refractivity contribution in [2.45, 2.75) is 141 Å². The van der Waals surface area contributed by atoms with Gasteiger partial charge in [0.05, 0.1) is 19.3 Å². The molecule has 350 valence electrons. The molecular weight excluding hydrogens is 837 g/mol. The first-order valence-electron chi connectivity index (χ1n) is 20.4. The van der Waals surface area contributed by atoms with Gasteiger partial charge in [-0.25, -0.2) is 0 Å². The van der Waals surface area contributed by atoms with Crippen molar-refractivity contribution >= 4 is 76.9 Å². The summed E-state index contributed by atoms with van der Waals surface area (Å²) in [5.41, 5.74) is 11.0. The van der Waals surface area contributed by atoms with E-state index in [1.54, 1.807) is 34.0 Å². The van der Waals surface area contributed by atoms with Crippen molar-refractivity contribution in [3.8, 4) is 0 Å². The third-order valence-electron chi connectivity index (χ3n) is 9.77. The fourth-order valence-electron chi connectivity index (χ4n) is 6.13. The van der Waals surface area contributed by atoms with Gasteiger partial charge >= 0.3 is 11.9 Å². The van der Waals surface area contributed by atoms with E-state index in [1.807, 2.05) is 0 Å². The molecule has 0 unspecified atom stereocenters. The number of amides is 9. The van der Waals surface area contributed by atoms with Gasteiger partial charge in [0.2, 0.25) is 53.2 Å². The number of carbonyl (C=O) groups is 11. The largest absolute Gasteiger partial charge is 0.481 e. The molecule has 0 aromatic rings. The van der Waals surface area contributed by atoms with Crippen LogP contribution in [0.5, 0.6) is 0 Å². The Bertz CT molecular complexity index is 1630. The second-order valence-corrected chi connectivity index (χ2v) is 16.5. The van der Waals surface area contributed by atoms with Crippen LogP contribution in [0.2, 0.25) is 0 Å². The fraction of sp³-hybridized carbons (Fsp3) is 0.711. The van der Waals surface area contributed by atoms with Crippen LogP contribution in [0.4, 0.5) is 0 Å². The first-order chi connectivity index (χ1) is 29.0. The van der Waals surface area contributed by atoms with Crippen LogP contribution in [0.15, 0.2) is 0 Å². The lowest BCUT2D eigenvalue weighted by atomic mass is 9.96. The van der Waals surface area contributed by atoms with Gasteiger partial charge in [-0.1, -0.05) is 34.1 Å². The summed E-state index contributed by atoms with van der Waals surface area (Å²) in [6.07, 6.45) is -0.163. The maximum absolute atomic E-state index is 13.9. The maximum Gasteiger partial charge on any atom is 0.305 e. The number of carboxylic acid groups (broad SMARTS) is 2. The smallest absolute Gasteiger partial charge is 0.305 e. The van der Waals surface area contributed by atoms with Gasteiger partial charge in [-0.3, -0.25) is 52.7 Å². The van der Waals surface area contributed by atoms with E-state index in [0.29, 0.717) is 19.3 Å². The van der Waals surface area contributed by atoms with Crippen molar-refractivity contribution in [3.05, 3.63) is 0 Å². The van der Waals surface area contributed by atoms with Crippen LogP contribution in [0.25, 0.3) is 0 Å². The average molecular weight is 901 g/mol. The van der Waals surface area contributed by atoms with E-state index in [9.17, 15) is 63.0 Å². The van der Waals surface area contributed by atoms with Crippen LogP contribution >= 0.6 is 11.8 Å². The summed E-state index contributed by atoms with van der Waals surface area (Å²) < 4.78 is 0. The SMILES string of the molecule is CC[C@H](C)[C@@H]1NC(=O)[C@H](CCCCN)NC(=O)[C@H](CC(C)C)NC(=O)[C@H](C)NC(=O)[C@H](CC(=O)O)NC(=O)[C@H](CCSC)NC(=O)[C@H](CC(N)=O)NC(=O)[C@H](CC(=O)O)NC1=O. The molecule has 24 heteroatoms. The van der Waals surface area contributed by atoms with Gasteiger partial charge in [0.15, 0.2) is 0 Å². The number of rotatable bonds is 17. The molecule has 0 aromatic heterocycles. The number of carboxylic acids is 2. The number of hydrogen-bond acceptors (Lipinski definition) is 13. The number of nitrogens with one attached hydrogen (secondary N) is 8. The number of primary amides is 1. The van der Waals surface area contributed by atoms with Crippen LogP contribution in [0, 0.1) is 11.8 Å². The highest BCUT2D eigenvalue weighted by Gasteiger charge is 2.37. The molecule has 23 nitrogen and oxygen atoms in total. The van der Waals surface area contributed by atoms with Crippen molar-refractivity contribution in [3.63, 3.8) is 0 Å². The Kier molecular flexibility index (Phi) is 24.1. The van der Waals surface area contributed by atoms with Gasteiger partial charge in [0, 0.05) is 0 Å². The molecule has 1 saturated heterocycles. The molecule has 1 fully saturated rings. The van der Waals surface area contributed by atoms with Crippen LogP contribution < -0.4 is 54.0 Å². The summed E-state index contributed by atoms with van der Waals surface area (Å²) >= 11 is 1.25. The van der Waals surface area contributed by atoms with E-state index < -0.39 is 139 Å². The number of nitrogens with two attached hydrogens (primary N) is 2. The molecule has 1 rings (SSSR count). The Morgan fingerprint density at radius 3 is 1.48 bits per heavy atom. The highest BCUT2D eigenvalue weighted by molar-refractivity contribution is 7.98. The molecule has 62 heavy (non-hydrogen) atoms. The van der Waals surface area contributed by atoms with E-state index in [4.69, 9.17) is 11.5 Å². The zero-order valence-electron chi connectivity index (χ0n) is 36.0. The first kappa shape index (κ1) is 54.5. The molecule has 0 radical (unpaired) electrons. The van der Waals surface area contributed by atoms with Gasteiger partial charge in [-0.2, -0.15) is 11.8 Å². The molecule has 0 bridgehead atoms. The topological polar surface area (TPSA) is 377 Å². The Balaban J connectivity index is 3.95. The van der Waals surface area contributed by atoms with Crippen molar-refractivity contribution in [1.82, 2.24) is 42.5 Å². The molecule has 1 heterocycles. The average Bonchev–Trinajstić information content (AvgIpc) is 3.18. The monoisotopic (exact) mass is 900 g/mol. The summed E-state index contributed by atoms with van der Waals surface area (Å²) in [6.45, 7) is 8.33. The Morgan fingerprint density at radius 2 is 1.02 bits per heavy atom. The summed E-state index contributed by atoms with van der Waals surface area (Å²) in [5, 5.41) is 38.5. The number of thioether (sulfide) groups is 1. The molecule has 1 aliphatic heterocycles. The summed E-state index contributed by atoms with van der Waals surface area (Å²) in [7, 11) is 0. The minimum Gasteiger partial charge on any atom is -0.481 e. The molecule has 0 aromatic carbocycles. The second-order valence-electron chi connectivity index (χ2n) is 15.5. The lowest BCUT2D eigenvalue weighted by molar-refractivity contribution is -0.142. The van der Waals surface area contributed by atoms with E-state index in [-0.39, 0.29) is 37.5 Å². The van der Waals surface area contributed by atoms with Gasteiger partial charge in [-0.05, 0) is 69.4 Å². The molecule has 0 spiro atoms.